The van der Waals surface area contributed by atoms with Crippen LogP contribution in [0.25, 0.3) is 0 Å². The molecule has 0 aliphatic heterocycles. The van der Waals surface area contributed by atoms with Crippen molar-refractivity contribution in [3.8, 4) is 0 Å². The van der Waals surface area contributed by atoms with Gasteiger partial charge in [0.15, 0.2) is 0 Å². The third-order valence-corrected chi connectivity index (χ3v) is 3.47. The Hall–Kier alpha value is 1.05. The van der Waals surface area contributed by atoms with E-state index in [0.29, 0.717) is 0 Å². The Balaban J connectivity index is -0.000000159. The SMILES string of the molecule is CC1=[C-]CC=C1.CC1=[C-]CC=C1.CC1=[C-]CC=C1.CC1=[C-]CC=C1.C[Si](C)=[Hf+2].C[Si](C)=[Hf+2].[Br-].[Br-]. The van der Waals surface area contributed by atoms with Crippen LogP contribution < -0.4 is 34.0 Å². The molecule has 6 heteroatoms. The number of halogens is 2. The summed E-state index contributed by atoms with van der Waals surface area (Å²) in [6.07, 6.45) is 33.3. The minimum Gasteiger partial charge on any atom is -1.00 e. The molecular formula is C28H40Br2Hf2Si2-2. The van der Waals surface area contributed by atoms with Crippen molar-refractivity contribution in [3.63, 3.8) is 0 Å². The van der Waals surface area contributed by atoms with Crippen LogP contribution in [0.2, 0.25) is 26.2 Å². The van der Waals surface area contributed by atoms with Crippen LogP contribution in [0.1, 0.15) is 53.4 Å². The molecule has 4 aliphatic rings. The molecule has 0 saturated heterocycles. The molecule has 0 bridgehead atoms. The number of allylic oxidation sites excluding steroid dienone is 16. The van der Waals surface area contributed by atoms with Gasteiger partial charge in [-0.2, -0.15) is 24.3 Å². The summed E-state index contributed by atoms with van der Waals surface area (Å²) in [5.74, 6) is 0. The van der Waals surface area contributed by atoms with Gasteiger partial charge >= 0.3 is 83.2 Å². The average Bonchev–Trinajstić information content (AvgIpc) is 3.47. The molecular weight excluding hydrogens is 909 g/mol. The van der Waals surface area contributed by atoms with Gasteiger partial charge in [0, 0.05) is 0 Å². The fourth-order valence-corrected chi connectivity index (χ4v) is 2.06. The van der Waals surface area contributed by atoms with Gasteiger partial charge in [-0.3, -0.25) is 24.3 Å². The predicted molar refractivity (Wildman–Crippen MR) is 140 cm³/mol. The van der Waals surface area contributed by atoms with Gasteiger partial charge in [0.1, 0.15) is 0 Å². The Morgan fingerprint density at radius 1 is 0.500 bits per heavy atom. The van der Waals surface area contributed by atoms with E-state index in [1.54, 1.807) is 0 Å². The second-order valence-electron chi connectivity index (χ2n) is 7.87. The molecule has 0 unspecified atom stereocenters. The van der Waals surface area contributed by atoms with Crippen molar-refractivity contribution in [2.75, 3.05) is 0 Å². The molecule has 0 fully saturated rings. The summed E-state index contributed by atoms with van der Waals surface area (Å²) in [4.78, 5) is 0. The zero-order valence-electron chi connectivity index (χ0n) is 22.2. The minimum absolute atomic E-state index is 0. The Bertz CT molecular complexity index is 669. The van der Waals surface area contributed by atoms with Crippen molar-refractivity contribution in [2.45, 2.75) is 79.6 Å². The fraction of sp³-hybridized carbons (Fsp3) is 0.429. The molecule has 0 amide bonds. The maximum absolute atomic E-state index is 3.12. The van der Waals surface area contributed by atoms with E-state index in [4.69, 9.17) is 0 Å². The summed E-state index contributed by atoms with van der Waals surface area (Å²) in [5.41, 5.74) is 5.61. The van der Waals surface area contributed by atoms with Gasteiger partial charge in [-0.05, 0) is 0 Å². The molecule has 0 spiro atoms. The van der Waals surface area contributed by atoms with Crippen LogP contribution in [0.15, 0.2) is 70.9 Å². The van der Waals surface area contributed by atoms with Gasteiger partial charge in [-0.25, -0.2) is 46.6 Å². The van der Waals surface area contributed by atoms with Crippen LogP contribution in [0.3, 0.4) is 0 Å². The molecule has 0 aromatic rings. The van der Waals surface area contributed by atoms with Crippen molar-refractivity contribution in [1.29, 1.82) is 0 Å². The first kappa shape index (κ1) is 42.2. The van der Waals surface area contributed by atoms with Gasteiger partial charge in [0.2, 0.25) is 0 Å². The monoisotopic (exact) mass is 950 g/mol. The van der Waals surface area contributed by atoms with E-state index < -0.39 is 0 Å². The first-order chi connectivity index (χ1) is 15.0. The molecule has 34 heavy (non-hydrogen) atoms. The summed E-state index contributed by atoms with van der Waals surface area (Å²) in [6.45, 7) is 17.6. The van der Waals surface area contributed by atoms with Crippen LogP contribution in [-0.2, 0) is 46.0 Å². The van der Waals surface area contributed by atoms with E-state index in [9.17, 15) is 0 Å². The maximum atomic E-state index is 3.12. The van der Waals surface area contributed by atoms with E-state index >= 15 is 0 Å². The zero-order chi connectivity index (χ0) is 24.8. The fourth-order valence-electron chi connectivity index (χ4n) is 2.06. The molecule has 184 valence electrons. The number of hydrogen-bond acceptors (Lipinski definition) is 0. The van der Waals surface area contributed by atoms with Crippen LogP contribution in [0.5, 0.6) is 0 Å². The Morgan fingerprint density at radius 3 is 0.676 bits per heavy atom. The van der Waals surface area contributed by atoms with Crippen LogP contribution in [0.4, 0.5) is 0 Å². The molecule has 4 rings (SSSR count). The molecule has 0 heterocycles. The molecule has 0 saturated carbocycles. The third kappa shape index (κ3) is 40.2. The minimum atomic E-state index is 0. The largest absolute Gasteiger partial charge is 1.00 e. The number of hydrogen-bond donors (Lipinski definition) is 0. The Morgan fingerprint density at radius 2 is 0.647 bits per heavy atom. The van der Waals surface area contributed by atoms with Crippen molar-refractivity contribution < 1.29 is 80.0 Å². The topological polar surface area (TPSA) is 0 Å². The maximum Gasteiger partial charge on any atom is -1.00 e. The Kier molecular flexibility index (Phi) is 37.5. The van der Waals surface area contributed by atoms with Crippen molar-refractivity contribution >= 4 is 11.0 Å². The normalized spacial score (nSPS) is 14.7. The second kappa shape index (κ2) is 30.3. The number of rotatable bonds is 0. The molecule has 4 aliphatic carbocycles. The van der Waals surface area contributed by atoms with E-state index in [-0.39, 0.29) is 45.0 Å². The predicted octanol–water partition coefficient (Wildman–Crippen LogP) is 2.36. The van der Waals surface area contributed by atoms with Crippen LogP contribution >= 0.6 is 0 Å². The smallest absolute Gasteiger partial charge is 1.00 e. The molecule has 0 aromatic carbocycles. The van der Waals surface area contributed by atoms with E-state index in [1.165, 1.54) is 68.3 Å². The first-order valence-electron chi connectivity index (χ1n) is 11.0. The van der Waals surface area contributed by atoms with E-state index in [0.717, 1.165) is 25.7 Å². The molecule has 0 N–H and O–H groups in total. The third-order valence-electron chi connectivity index (χ3n) is 3.47. The van der Waals surface area contributed by atoms with Crippen molar-refractivity contribution in [2.24, 2.45) is 0 Å². The van der Waals surface area contributed by atoms with E-state index in [1.807, 2.05) is 0 Å². The molecule has 0 aromatic heterocycles. The van der Waals surface area contributed by atoms with Crippen LogP contribution in [-0.4, -0.2) is 11.0 Å². The van der Waals surface area contributed by atoms with Gasteiger partial charge in [-0.15, -0.1) is 25.7 Å². The first-order valence-corrected chi connectivity index (χ1v) is 26.8. The second-order valence-corrected chi connectivity index (χ2v) is 33.4. The van der Waals surface area contributed by atoms with Gasteiger partial charge < -0.3 is 34.0 Å². The quantitative estimate of drug-likeness (QED) is 0.259. The molecule has 0 radical (unpaired) electrons. The summed E-state index contributed by atoms with van der Waals surface area (Å²) in [6, 6.07) is 0. The van der Waals surface area contributed by atoms with Gasteiger partial charge in [0.05, 0.1) is 0 Å². The molecule has 0 nitrogen and oxygen atoms in total. The summed E-state index contributed by atoms with van der Waals surface area (Å²) in [7, 11) is 0. The van der Waals surface area contributed by atoms with Crippen LogP contribution in [0, 0.1) is 24.3 Å². The summed E-state index contributed by atoms with van der Waals surface area (Å²) >= 11 is 2.90. The van der Waals surface area contributed by atoms with E-state index in [2.05, 4.69) is 127 Å². The summed E-state index contributed by atoms with van der Waals surface area (Å²) < 4.78 is 0. The van der Waals surface area contributed by atoms with Gasteiger partial charge in [-0.1, -0.05) is 27.7 Å². The van der Waals surface area contributed by atoms with Crippen molar-refractivity contribution in [3.05, 3.63) is 95.2 Å². The zero-order valence-corrected chi connectivity index (χ0v) is 34.6. The summed E-state index contributed by atoms with van der Waals surface area (Å²) in [5, 5.41) is 0. The average molecular weight is 950 g/mol. The molecule has 0 atom stereocenters. The van der Waals surface area contributed by atoms with Crippen molar-refractivity contribution in [1.82, 2.24) is 0 Å². The van der Waals surface area contributed by atoms with Gasteiger partial charge in [0.25, 0.3) is 0 Å². The Labute approximate surface area is 262 Å². The standard InChI is InChI=1S/4C6H7.2C2H6Si.2BrH.2Hf/c4*1-6-4-2-3-5-6;2*1-3-2;;;;/h4*2,4H,3H2,1H3;2*1-2H3;2*1H;;/q4*-1;;;;;2*+2/p-2.